The van der Waals surface area contributed by atoms with Crippen LogP contribution in [0.2, 0.25) is 0 Å². The van der Waals surface area contributed by atoms with Crippen LogP contribution in [0.1, 0.15) is 30.5 Å². The maximum absolute atomic E-state index is 4.25. The van der Waals surface area contributed by atoms with E-state index in [0.29, 0.717) is 6.04 Å². The molecule has 3 nitrogen and oxygen atoms in total. The average molecular weight is 401 g/mol. The molecule has 0 amide bonds. The smallest absolute Gasteiger partial charge is 0.0522 e. The van der Waals surface area contributed by atoms with E-state index in [4.69, 9.17) is 0 Å². The number of nitrogens with zero attached hydrogens (tertiary/aromatic N) is 2. The topological polar surface area (TPSA) is 29.9 Å². The van der Waals surface area contributed by atoms with Crippen LogP contribution >= 0.6 is 31.9 Å². The number of hydrogen-bond acceptors (Lipinski definition) is 2. The Morgan fingerprint density at radius 2 is 2.15 bits per heavy atom. The molecule has 108 valence electrons. The molecule has 1 heterocycles. The van der Waals surface area contributed by atoms with E-state index in [1.165, 1.54) is 11.1 Å². The number of aromatic nitrogens is 2. The summed E-state index contributed by atoms with van der Waals surface area (Å²) in [4.78, 5) is 0. The summed E-state index contributed by atoms with van der Waals surface area (Å²) < 4.78 is 4.07. The molecular formula is C15H19Br2N3. The first-order valence-electron chi connectivity index (χ1n) is 6.76. The Kier molecular flexibility index (Phi) is 5.81. The van der Waals surface area contributed by atoms with Gasteiger partial charge in [0.2, 0.25) is 0 Å². The van der Waals surface area contributed by atoms with Gasteiger partial charge in [-0.05, 0) is 42.6 Å². The number of nitrogens with one attached hydrogen (secondary N) is 1. The van der Waals surface area contributed by atoms with Gasteiger partial charge in [0.15, 0.2) is 0 Å². The lowest BCUT2D eigenvalue weighted by atomic mass is 10.0. The molecule has 2 rings (SSSR count). The third-order valence-corrected chi connectivity index (χ3v) is 4.36. The minimum Gasteiger partial charge on any atom is -0.310 e. The molecule has 0 fully saturated rings. The molecule has 0 aliphatic heterocycles. The van der Waals surface area contributed by atoms with Crippen LogP contribution in [0.3, 0.4) is 0 Å². The molecule has 0 saturated carbocycles. The van der Waals surface area contributed by atoms with Crippen LogP contribution in [0, 0.1) is 0 Å². The van der Waals surface area contributed by atoms with Gasteiger partial charge < -0.3 is 5.32 Å². The molecular weight excluding hydrogens is 382 g/mol. The summed E-state index contributed by atoms with van der Waals surface area (Å²) in [5.41, 5.74) is 2.53. The van der Waals surface area contributed by atoms with E-state index in [1.807, 2.05) is 17.9 Å². The van der Waals surface area contributed by atoms with Gasteiger partial charge in [0.1, 0.15) is 0 Å². The van der Waals surface area contributed by atoms with Gasteiger partial charge >= 0.3 is 0 Å². The van der Waals surface area contributed by atoms with Crippen molar-refractivity contribution in [1.82, 2.24) is 15.1 Å². The normalized spacial score (nSPS) is 12.6. The molecule has 1 aromatic carbocycles. The highest BCUT2D eigenvalue weighted by Gasteiger charge is 2.15. The second-order valence-corrected chi connectivity index (χ2v) is 6.67. The Hall–Kier alpha value is -0.650. The van der Waals surface area contributed by atoms with E-state index in [0.717, 1.165) is 28.3 Å². The van der Waals surface area contributed by atoms with Crippen molar-refractivity contribution in [3.05, 3.63) is 50.7 Å². The first-order valence-corrected chi connectivity index (χ1v) is 8.34. The van der Waals surface area contributed by atoms with Gasteiger partial charge in [-0.3, -0.25) is 4.68 Å². The molecule has 5 heteroatoms. The lowest BCUT2D eigenvalue weighted by Crippen LogP contribution is -2.24. The summed E-state index contributed by atoms with van der Waals surface area (Å²) in [5, 5.41) is 7.87. The van der Waals surface area contributed by atoms with Crippen LogP contribution in [-0.2, 0) is 13.5 Å². The van der Waals surface area contributed by atoms with Gasteiger partial charge in [0.25, 0.3) is 0 Å². The van der Waals surface area contributed by atoms with Crippen molar-refractivity contribution in [2.45, 2.75) is 25.8 Å². The molecule has 0 bridgehead atoms. The van der Waals surface area contributed by atoms with Crippen molar-refractivity contribution in [3.8, 4) is 0 Å². The molecule has 0 saturated heterocycles. The van der Waals surface area contributed by atoms with Crippen molar-refractivity contribution in [2.24, 2.45) is 7.05 Å². The SMILES string of the molecule is CCCNC(Cc1cnn(C)c1)c1ccc(Br)cc1Br. The molecule has 2 aromatic rings. The first kappa shape index (κ1) is 15.7. The quantitative estimate of drug-likeness (QED) is 0.786. The molecule has 0 aliphatic carbocycles. The fourth-order valence-corrected chi connectivity index (χ4v) is 3.53. The Morgan fingerprint density at radius 1 is 1.35 bits per heavy atom. The van der Waals surface area contributed by atoms with Crippen molar-refractivity contribution in [2.75, 3.05) is 6.54 Å². The van der Waals surface area contributed by atoms with Crippen LogP contribution in [-0.4, -0.2) is 16.3 Å². The number of aryl methyl sites for hydroxylation is 1. The van der Waals surface area contributed by atoms with Crippen molar-refractivity contribution < 1.29 is 0 Å². The highest BCUT2D eigenvalue weighted by atomic mass is 79.9. The fourth-order valence-electron chi connectivity index (χ4n) is 2.21. The molecule has 0 aliphatic rings. The maximum Gasteiger partial charge on any atom is 0.0522 e. The molecule has 1 N–H and O–H groups in total. The van der Waals surface area contributed by atoms with Gasteiger partial charge in [-0.1, -0.05) is 44.8 Å². The number of hydrogen-bond donors (Lipinski definition) is 1. The second kappa shape index (κ2) is 7.38. The molecule has 20 heavy (non-hydrogen) atoms. The van der Waals surface area contributed by atoms with E-state index >= 15 is 0 Å². The van der Waals surface area contributed by atoms with Gasteiger partial charge in [-0.15, -0.1) is 0 Å². The summed E-state index contributed by atoms with van der Waals surface area (Å²) in [6, 6.07) is 6.64. The summed E-state index contributed by atoms with van der Waals surface area (Å²) in [5.74, 6) is 0. The summed E-state index contributed by atoms with van der Waals surface area (Å²) in [6.45, 7) is 3.19. The summed E-state index contributed by atoms with van der Waals surface area (Å²) >= 11 is 7.17. The minimum atomic E-state index is 0.293. The van der Waals surface area contributed by atoms with Crippen LogP contribution in [0.15, 0.2) is 39.5 Å². The minimum absolute atomic E-state index is 0.293. The van der Waals surface area contributed by atoms with Crippen molar-refractivity contribution in [3.63, 3.8) is 0 Å². The second-order valence-electron chi connectivity index (χ2n) is 4.90. The van der Waals surface area contributed by atoms with Gasteiger partial charge in [0.05, 0.1) is 6.20 Å². The number of rotatable bonds is 6. The van der Waals surface area contributed by atoms with Gasteiger partial charge in [-0.25, -0.2) is 0 Å². The predicted octanol–water partition coefficient (Wildman–Crippen LogP) is 4.23. The lowest BCUT2D eigenvalue weighted by Gasteiger charge is -2.20. The Morgan fingerprint density at radius 3 is 2.75 bits per heavy atom. The van der Waals surface area contributed by atoms with Gasteiger partial charge in [0, 0.05) is 28.2 Å². The monoisotopic (exact) mass is 399 g/mol. The zero-order chi connectivity index (χ0) is 14.5. The molecule has 1 unspecified atom stereocenters. The van der Waals surface area contributed by atoms with E-state index in [2.05, 4.69) is 73.6 Å². The average Bonchev–Trinajstić information content (AvgIpc) is 2.80. The lowest BCUT2D eigenvalue weighted by molar-refractivity contribution is 0.527. The van der Waals surface area contributed by atoms with E-state index in [1.54, 1.807) is 0 Å². The fraction of sp³-hybridized carbons (Fsp3) is 0.400. The van der Waals surface area contributed by atoms with E-state index < -0.39 is 0 Å². The summed E-state index contributed by atoms with van der Waals surface area (Å²) in [6.07, 6.45) is 6.08. The molecule has 1 aromatic heterocycles. The predicted molar refractivity (Wildman–Crippen MR) is 89.8 cm³/mol. The zero-order valence-corrected chi connectivity index (χ0v) is 14.9. The van der Waals surface area contributed by atoms with Crippen LogP contribution in [0.25, 0.3) is 0 Å². The number of halogens is 2. The van der Waals surface area contributed by atoms with E-state index in [9.17, 15) is 0 Å². The van der Waals surface area contributed by atoms with E-state index in [-0.39, 0.29) is 0 Å². The van der Waals surface area contributed by atoms with Crippen LogP contribution in [0.4, 0.5) is 0 Å². The van der Waals surface area contributed by atoms with Crippen LogP contribution in [0.5, 0.6) is 0 Å². The van der Waals surface area contributed by atoms with Crippen molar-refractivity contribution in [1.29, 1.82) is 0 Å². The Bertz CT molecular complexity index is 566. The highest BCUT2D eigenvalue weighted by Crippen LogP contribution is 2.29. The largest absolute Gasteiger partial charge is 0.310 e. The van der Waals surface area contributed by atoms with Crippen molar-refractivity contribution >= 4 is 31.9 Å². The first-order chi connectivity index (χ1) is 9.60. The standard InChI is InChI=1S/C15H19Br2N3/c1-3-6-18-15(7-11-9-19-20(2)10-11)13-5-4-12(16)8-14(13)17/h4-5,8-10,15,18H,3,6-7H2,1-2H3. The Labute approximate surface area is 137 Å². The Balaban J connectivity index is 2.22. The third-order valence-electron chi connectivity index (χ3n) is 3.18. The summed E-state index contributed by atoms with van der Waals surface area (Å²) in [7, 11) is 1.95. The molecule has 0 spiro atoms. The molecule has 1 atom stereocenters. The number of benzene rings is 1. The van der Waals surface area contributed by atoms with Gasteiger partial charge in [-0.2, -0.15) is 5.10 Å². The highest BCUT2D eigenvalue weighted by molar-refractivity contribution is 9.11. The van der Waals surface area contributed by atoms with Crippen LogP contribution < -0.4 is 5.32 Å². The zero-order valence-electron chi connectivity index (χ0n) is 11.7. The third kappa shape index (κ3) is 4.17. The molecule has 0 radical (unpaired) electrons. The maximum atomic E-state index is 4.25.